The van der Waals surface area contributed by atoms with E-state index in [0.29, 0.717) is 17.5 Å². The molecule has 0 bridgehead atoms. The van der Waals surface area contributed by atoms with Gasteiger partial charge in [-0.2, -0.15) is 0 Å². The normalized spacial score (nSPS) is 11.9. The SMILES string of the molecule is c1ccc(-c2ccc(-c3nc(-c4ccccc4)nc(-c4ccc5c(c4)oc4ccc6c(-n7c8cc9ccccc9cc8c8ccc9ccccc9c87)cccc6c45)n3)cc2)cc1. The first-order valence-corrected chi connectivity index (χ1v) is 20.9. The van der Waals surface area contributed by atoms with Crippen LogP contribution in [-0.2, 0) is 0 Å². The first-order chi connectivity index (χ1) is 30.7. The molecular weight excluding hydrogens is 757 g/mol. The zero-order valence-electron chi connectivity index (χ0n) is 33.3. The fraction of sp³-hybridized carbons (Fsp3) is 0. The summed E-state index contributed by atoms with van der Waals surface area (Å²) in [6.07, 6.45) is 0. The van der Waals surface area contributed by atoms with Crippen molar-refractivity contribution in [2.75, 3.05) is 0 Å². The Morgan fingerprint density at radius 2 is 0.887 bits per heavy atom. The summed E-state index contributed by atoms with van der Waals surface area (Å²) < 4.78 is 9.18. The number of aromatic nitrogens is 4. The molecule has 10 aromatic carbocycles. The molecular formula is C57H34N4O. The second-order valence-electron chi connectivity index (χ2n) is 16.0. The van der Waals surface area contributed by atoms with Crippen LogP contribution in [0.3, 0.4) is 0 Å². The number of hydrogen-bond donors (Lipinski definition) is 0. The minimum atomic E-state index is 0.585. The van der Waals surface area contributed by atoms with Crippen LogP contribution in [0.2, 0.25) is 0 Å². The van der Waals surface area contributed by atoms with Crippen LogP contribution < -0.4 is 0 Å². The third kappa shape index (κ3) is 5.38. The Bertz CT molecular complexity index is 3910. The Labute approximate surface area is 355 Å². The Hall–Kier alpha value is -8.41. The molecule has 0 amide bonds. The zero-order valence-corrected chi connectivity index (χ0v) is 33.3. The second-order valence-corrected chi connectivity index (χ2v) is 16.0. The summed E-state index contributed by atoms with van der Waals surface area (Å²) in [7, 11) is 0. The standard InChI is InChI=1S/C57H34N4O/c1-3-12-35(13-4-1)36-22-24-39(25-23-36)56-58-55(38-15-5-2-6-16-38)59-57(60-56)42-27-29-47-52(34-42)62-51-31-30-44-45(53(47)51)20-11-21-49(44)61-50-33-41-18-8-7-17-40(41)32-48(50)46-28-26-37-14-9-10-19-43(37)54(46)61/h1-34H. The van der Waals surface area contributed by atoms with Gasteiger partial charge in [-0.1, -0.05) is 164 Å². The highest BCUT2D eigenvalue weighted by Gasteiger charge is 2.20. The van der Waals surface area contributed by atoms with Crippen molar-refractivity contribution < 1.29 is 4.42 Å². The van der Waals surface area contributed by atoms with E-state index < -0.39 is 0 Å². The lowest BCUT2D eigenvalue weighted by atomic mass is 10.0. The van der Waals surface area contributed by atoms with Crippen molar-refractivity contribution in [1.29, 1.82) is 0 Å². The monoisotopic (exact) mass is 790 g/mol. The maximum atomic E-state index is 6.71. The van der Waals surface area contributed by atoms with E-state index in [2.05, 4.69) is 174 Å². The van der Waals surface area contributed by atoms with Crippen molar-refractivity contribution in [3.05, 3.63) is 206 Å². The summed E-state index contributed by atoms with van der Waals surface area (Å²) in [6, 6.07) is 72.8. The molecule has 0 radical (unpaired) electrons. The van der Waals surface area contributed by atoms with E-state index in [4.69, 9.17) is 19.4 Å². The lowest BCUT2D eigenvalue weighted by molar-refractivity contribution is 0.669. The minimum absolute atomic E-state index is 0.585. The Morgan fingerprint density at radius 1 is 0.323 bits per heavy atom. The predicted molar refractivity (Wildman–Crippen MR) is 256 cm³/mol. The van der Waals surface area contributed by atoms with Gasteiger partial charge in [-0.05, 0) is 75.1 Å². The van der Waals surface area contributed by atoms with Crippen molar-refractivity contribution in [2.24, 2.45) is 0 Å². The van der Waals surface area contributed by atoms with Gasteiger partial charge in [-0.3, -0.25) is 0 Å². The van der Waals surface area contributed by atoms with Crippen LogP contribution in [0, 0.1) is 0 Å². The zero-order chi connectivity index (χ0) is 40.7. The maximum absolute atomic E-state index is 6.71. The van der Waals surface area contributed by atoms with Gasteiger partial charge in [0.25, 0.3) is 0 Å². The molecule has 0 N–H and O–H groups in total. The lowest BCUT2D eigenvalue weighted by Gasteiger charge is -2.14. The molecule has 3 heterocycles. The third-order valence-corrected chi connectivity index (χ3v) is 12.4. The number of benzene rings is 10. The smallest absolute Gasteiger partial charge is 0.164 e. The van der Waals surface area contributed by atoms with Crippen molar-refractivity contribution in [2.45, 2.75) is 0 Å². The van der Waals surface area contributed by atoms with E-state index in [1.165, 1.54) is 43.4 Å². The lowest BCUT2D eigenvalue weighted by Crippen LogP contribution is -2.00. The Morgan fingerprint density at radius 3 is 1.66 bits per heavy atom. The van der Waals surface area contributed by atoms with Crippen molar-refractivity contribution >= 4 is 76.1 Å². The van der Waals surface area contributed by atoms with E-state index in [-0.39, 0.29) is 0 Å². The third-order valence-electron chi connectivity index (χ3n) is 12.4. The molecule has 0 aliphatic heterocycles. The van der Waals surface area contributed by atoms with Gasteiger partial charge in [-0.25, -0.2) is 15.0 Å². The van der Waals surface area contributed by atoms with E-state index >= 15 is 0 Å². The van der Waals surface area contributed by atoms with Crippen LogP contribution in [0.4, 0.5) is 0 Å². The summed E-state index contributed by atoms with van der Waals surface area (Å²) in [5, 5.41) is 11.8. The molecule has 13 rings (SSSR count). The first kappa shape index (κ1) is 34.5. The molecule has 0 spiro atoms. The van der Waals surface area contributed by atoms with Gasteiger partial charge in [0.15, 0.2) is 17.5 Å². The van der Waals surface area contributed by atoms with Gasteiger partial charge in [0.05, 0.1) is 16.7 Å². The Kier molecular flexibility index (Phi) is 7.54. The quantitative estimate of drug-likeness (QED) is 0.174. The largest absolute Gasteiger partial charge is 0.456 e. The molecule has 3 aromatic heterocycles. The first-order valence-electron chi connectivity index (χ1n) is 20.9. The average molecular weight is 791 g/mol. The van der Waals surface area contributed by atoms with Crippen LogP contribution in [-0.4, -0.2) is 19.5 Å². The number of furan rings is 1. The predicted octanol–water partition coefficient (Wildman–Crippen LogP) is 15.0. The molecule has 0 atom stereocenters. The number of nitrogens with zero attached hydrogens (tertiary/aromatic N) is 4. The highest BCUT2D eigenvalue weighted by atomic mass is 16.3. The molecule has 5 heteroatoms. The molecule has 5 nitrogen and oxygen atoms in total. The van der Waals surface area contributed by atoms with Crippen LogP contribution in [0.1, 0.15) is 0 Å². The van der Waals surface area contributed by atoms with Crippen molar-refractivity contribution in [3.8, 4) is 51.0 Å². The molecule has 0 unspecified atom stereocenters. The van der Waals surface area contributed by atoms with E-state index in [9.17, 15) is 0 Å². The molecule has 0 saturated carbocycles. The summed E-state index contributed by atoms with van der Waals surface area (Å²) in [5.41, 5.74) is 10.1. The minimum Gasteiger partial charge on any atom is -0.456 e. The molecule has 288 valence electrons. The fourth-order valence-electron chi connectivity index (χ4n) is 9.46. The van der Waals surface area contributed by atoms with Crippen LogP contribution >= 0.6 is 0 Å². The molecule has 0 aliphatic carbocycles. The summed E-state index contributed by atoms with van der Waals surface area (Å²) in [5.74, 6) is 1.82. The van der Waals surface area contributed by atoms with Crippen LogP contribution in [0.5, 0.6) is 0 Å². The van der Waals surface area contributed by atoms with E-state index in [0.717, 1.165) is 66.2 Å². The van der Waals surface area contributed by atoms with Gasteiger partial charge in [0.1, 0.15) is 11.2 Å². The molecule has 0 aliphatic rings. The number of hydrogen-bond acceptors (Lipinski definition) is 4. The van der Waals surface area contributed by atoms with Crippen LogP contribution in [0.25, 0.3) is 127 Å². The Balaban J connectivity index is 0.985. The molecule has 0 fully saturated rings. The van der Waals surface area contributed by atoms with Gasteiger partial charge < -0.3 is 8.98 Å². The van der Waals surface area contributed by atoms with Crippen molar-refractivity contribution in [1.82, 2.24) is 19.5 Å². The van der Waals surface area contributed by atoms with Gasteiger partial charge in [0.2, 0.25) is 0 Å². The van der Waals surface area contributed by atoms with Gasteiger partial charge >= 0.3 is 0 Å². The van der Waals surface area contributed by atoms with Gasteiger partial charge in [0, 0.05) is 49.0 Å². The summed E-state index contributed by atoms with van der Waals surface area (Å²) in [4.78, 5) is 15.1. The molecule has 13 aromatic rings. The van der Waals surface area contributed by atoms with E-state index in [1.807, 2.05) is 36.4 Å². The fourth-order valence-corrected chi connectivity index (χ4v) is 9.46. The molecule has 0 saturated heterocycles. The van der Waals surface area contributed by atoms with Gasteiger partial charge in [-0.15, -0.1) is 0 Å². The summed E-state index contributed by atoms with van der Waals surface area (Å²) in [6.45, 7) is 0. The topological polar surface area (TPSA) is 56.7 Å². The van der Waals surface area contributed by atoms with Crippen LogP contribution in [0.15, 0.2) is 211 Å². The van der Waals surface area contributed by atoms with E-state index in [1.54, 1.807) is 0 Å². The average Bonchev–Trinajstić information content (AvgIpc) is 3.89. The van der Waals surface area contributed by atoms with Crippen molar-refractivity contribution in [3.63, 3.8) is 0 Å². The summed E-state index contributed by atoms with van der Waals surface area (Å²) >= 11 is 0. The second kappa shape index (κ2) is 13.6. The highest BCUT2D eigenvalue weighted by molar-refractivity contribution is 6.24. The number of fused-ring (bicyclic) bond motifs is 11. The highest BCUT2D eigenvalue weighted by Crippen LogP contribution is 2.43. The number of rotatable bonds is 5. The molecule has 62 heavy (non-hydrogen) atoms. The maximum Gasteiger partial charge on any atom is 0.164 e.